The van der Waals surface area contributed by atoms with Crippen molar-refractivity contribution in [2.24, 2.45) is 0 Å². The molecule has 2 amide bonds. The smallest absolute Gasteiger partial charge is 0.246 e. The summed E-state index contributed by atoms with van der Waals surface area (Å²) in [6, 6.07) is 15.6. The molecule has 1 aromatic heterocycles. The van der Waals surface area contributed by atoms with Crippen molar-refractivity contribution < 1.29 is 9.59 Å². The van der Waals surface area contributed by atoms with Gasteiger partial charge in [-0.3, -0.25) is 14.5 Å². The largest absolute Gasteiger partial charge is 0.338 e. The molecule has 1 aliphatic rings. The number of halogens is 1. The van der Waals surface area contributed by atoms with Crippen LogP contribution in [0.15, 0.2) is 66.9 Å². The number of amides is 2. The lowest BCUT2D eigenvalue weighted by atomic mass is 10.00. The third-order valence-corrected chi connectivity index (χ3v) is 5.73. The van der Waals surface area contributed by atoms with E-state index in [0.717, 1.165) is 16.5 Å². The van der Waals surface area contributed by atoms with Gasteiger partial charge in [0.05, 0.1) is 0 Å². The summed E-state index contributed by atoms with van der Waals surface area (Å²) in [5.41, 5.74) is 3.26. The predicted molar refractivity (Wildman–Crippen MR) is 130 cm³/mol. The van der Waals surface area contributed by atoms with E-state index in [1.165, 1.54) is 17.0 Å². The molecule has 1 aliphatic heterocycles. The highest BCUT2D eigenvalue weighted by molar-refractivity contribution is 5.98. The molecule has 2 heterocycles. The van der Waals surface area contributed by atoms with Crippen LogP contribution < -0.4 is 5.32 Å². The Labute approximate surface area is 194 Å². The van der Waals surface area contributed by atoms with Gasteiger partial charge in [0.15, 0.2) is 0 Å². The Hall–Kier alpha value is -3.22. The van der Waals surface area contributed by atoms with Crippen molar-refractivity contribution in [2.45, 2.75) is 26.1 Å². The summed E-state index contributed by atoms with van der Waals surface area (Å²) in [4.78, 5) is 33.3. The molecule has 4 rings (SSSR count). The number of rotatable bonds is 4. The average Bonchev–Trinajstić information content (AvgIpc) is 2.88. The van der Waals surface area contributed by atoms with E-state index in [1.54, 1.807) is 24.2 Å². The number of pyridine rings is 1. The third kappa shape index (κ3) is 4.82. The van der Waals surface area contributed by atoms with E-state index in [9.17, 15) is 9.59 Å². The highest BCUT2D eigenvalue weighted by Gasteiger charge is 2.26. The Balaban J connectivity index is 0.00000289. The Morgan fingerprint density at radius 2 is 1.94 bits per heavy atom. The first-order chi connectivity index (χ1) is 14.9. The number of nitrogens with one attached hydrogen (secondary N) is 1. The minimum atomic E-state index is -0.549. The fraction of sp³-hybridized carbons (Fsp3) is 0.240. The highest BCUT2D eigenvalue weighted by atomic mass is 35.5. The van der Waals surface area contributed by atoms with E-state index in [-0.39, 0.29) is 24.2 Å². The Bertz CT molecular complexity index is 1180. The Morgan fingerprint density at radius 1 is 1.19 bits per heavy atom. The maximum atomic E-state index is 12.8. The first kappa shape index (κ1) is 23.4. The van der Waals surface area contributed by atoms with Gasteiger partial charge in [0.2, 0.25) is 11.8 Å². The summed E-state index contributed by atoms with van der Waals surface area (Å²) >= 11 is 0. The summed E-state index contributed by atoms with van der Waals surface area (Å²) in [6.07, 6.45) is 4.80. The van der Waals surface area contributed by atoms with Crippen LogP contribution in [0, 0.1) is 6.92 Å². The molecule has 0 saturated carbocycles. The predicted octanol–water partition coefficient (Wildman–Crippen LogP) is 3.93. The van der Waals surface area contributed by atoms with Crippen molar-refractivity contribution in [1.82, 2.24) is 14.8 Å². The minimum Gasteiger partial charge on any atom is -0.338 e. The van der Waals surface area contributed by atoms with Gasteiger partial charge in [-0.25, -0.2) is 4.98 Å². The Morgan fingerprint density at radius 3 is 2.72 bits per heavy atom. The van der Waals surface area contributed by atoms with Gasteiger partial charge in [-0.15, -0.1) is 12.4 Å². The number of anilines is 1. The van der Waals surface area contributed by atoms with Crippen LogP contribution in [0.25, 0.3) is 10.8 Å². The molecule has 0 saturated heterocycles. The summed E-state index contributed by atoms with van der Waals surface area (Å²) in [7, 11) is 3.64. The molecule has 0 radical (unpaired) electrons. The molecule has 0 aliphatic carbocycles. The fourth-order valence-electron chi connectivity index (χ4n) is 3.96. The number of nitrogens with zero attached hydrogens (tertiary/aromatic N) is 3. The molecule has 1 atom stereocenters. The molecular weight excluding hydrogens is 424 g/mol. The fourth-order valence-corrected chi connectivity index (χ4v) is 3.96. The number of aryl methyl sites for hydroxylation is 1. The van der Waals surface area contributed by atoms with Gasteiger partial charge in [0, 0.05) is 38.0 Å². The quantitative estimate of drug-likeness (QED) is 0.611. The van der Waals surface area contributed by atoms with Crippen LogP contribution in [0.5, 0.6) is 0 Å². The van der Waals surface area contributed by atoms with Crippen LogP contribution in [0.2, 0.25) is 0 Å². The second-order valence-corrected chi connectivity index (χ2v) is 8.00. The average molecular weight is 451 g/mol. The van der Waals surface area contributed by atoms with Crippen LogP contribution in [-0.4, -0.2) is 46.7 Å². The molecule has 32 heavy (non-hydrogen) atoms. The molecule has 0 spiro atoms. The normalized spacial score (nSPS) is 16.2. The maximum Gasteiger partial charge on any atom is 0.246 e. The van der Waals surface area contributed by atoms with Gasteiger partial charge < -0.3 is 10.2 Å². The van der Waals surface area contributed by atoms with Crippen molar-refractivity contribution in [1.29, 1.82) is 0 Å². The topological polar surface area (TPSA) is 65.5 Å². The first-order valence-corrected chi connectivity index (χ1v) is 10.3. The van der Waals surface area contributed by atoms with Gasteiger partial charge in [0.1, 0.15) is 11.9 Å². The lowest BCUT2D eigenvalue weighted by Crippen LogP contribution is -2.38. The number of benzene rings is 2. The molecule has 0 fully saturated rings. The second kappa shape index (κ2) is 9.94. The van der Waals surface area contributed by atoms with E-state index < -0.39 is 6.04 Å². The number of likely N-dealkylation sites (N-methyl/N-ethyl adjacent to an activating group) is 2. The molecule has 1 unspecified atom stereocenters. The summed E-state index contributed by atoms with van der Waals surface area (Å²) in [6.45, 7) is 3.15. The van der Waals surface area contributed by atoms with Crippen LogP contribution in [0.4, 0.5) is 5.82 Å². The molecule has 7 heteroatoms. The standard InChI is InChI=1S/C25H26N4O2.ClH/c1-17-10-11-18(21-9-5-4-8-20(17)21)15-29(3)23(30)13-12-22-25(31)27-24-19(16-28(22)2)7-6-14-26-24;/h4-14,22H,15-16H2,1-3H3,(H,26,27,31);1H/b13-12+;. The zero-order valence-corrected chi connectivity index (χ0v) is 19.2. The van der Waals surface area contributed by atoms with Crippen LogP contribution in [0.3, 0.4) is 0 Å². The van der Waals surface area contributed by atoms with Gasteiger partial charge in [0.25, 0.3) is 0 Å². The van der Waals surface area contributed by atoms with Crippen LogP contribution >= 0.6 is 12.4 Å². The molecule has 0 bridgehead atoms. The molecule has 2 aromatic carbocycles. The molecule has 1 N–H and O–H groups in total. The van der Waals surface area contributed by atoms with Crippen molar-refractivity contribution >= 4 is 40.8 Å². The van der Waals surface area contributed by atoms with Gasteiger partial charge in [-0.2, -0.15) is 0 Å². The van der Waals surface area contributed by atoms with Gasteiger partial charge in [-0.05, 0) is 41.9 Å². The molecule has 3 aromatic rings. The molecular formula is C25H27ClN4O2. The first-order valence-electron chi connectivity index (χ1n) is 10.3. The van der Waals surface area contributed by atoms with E-state index in [0.29, 0.717) is 18.9 Å². The summed E-state index contributed by atoms with van der Waals surface area (Å²) in [5.74, 6) is 0.229. The van der Waals surface area contributed by atoms with Crippen LogP contribution in [-0.2, 0) is 22.7 Å². The van der Waals surface area contributed by atoms with Gasteiger partial charge >= 0.3 is 0 Å². The van der Waals surface area contributed by atoms with Gasteiger partial charge in [-0.1, -0.05) is 48.5 Å². The molecule has 166 valence electrons. The lowest BCUT2D eigenvalue weighted by Gasteiger charge is -2.21. The Kier molecular flexibility index (Phi) is 7.28. The van der Waals surface area contributed by atoms with E-state index in [1.807, 2.05) is 36.2 Å². The number of hydrogen-bond donors (Lipinski definition) is 1. The minimum absolute atomic E-state index is 0. The lowest BCUT2D eigenvalue weighted by molar-refractivity contribution is -0.125. The van der Waals surface area contributed by atoms with Crippen molar-refractivity contribution in [3.8, 4) is 0 Å². The van der Waals surface area contributed by atoms with Crippen molar-refractivity contribution in [3.05, 3.63) is 83.6 Å². The highest BCUT2D eigenvalue weighted by Crippen LogP contribution is 2.24. The second-order valence-electron chi connectivity index (χ2n) is 8.00. The summed E-state index contributed by atoms with van der Waals surface area (Å²) in [5, 5.41) is 5.20. The van der Waals surface area contributed by atoms with Crippen molar-refractivity contribution in [3.63, 3.8) is 0 Å². The zero-order valence-electron chi connectivity index (χ0n) is 18.4. The number of fused-ring (bicyclic) bond motifs is 2. The van der Waals surface area contributed by atoms with E-state index >= 15 is 0 Å². The maximum absolute atomic E-state index is 12.8. The number of aromatic nitrogens is 1. The van der Waals surface area contributed by atoms with E-state index in [4.69, 9.17) is 0 Å². The number of carbonyl (C=O) groups is 2. The number of hydrogen-bond acceptors (Lipinski definition) is 4. The monoisotopic (exact) mass is 450 g/mol. The van der Waals surface area contributed by atoms with Crippen LogP contribution in [0.1, 0.15) is 16.7 Å². The third-order valence-electron chi connectivity index (χ3n) is 5.73. The SMILES string of the molecule is Cc1ccc(CN(C)C(=O)/C=C/C2C(=O)Nc3ncccc3CN2C)c2ccccc12.Cl. The van der Waals surface area contributed by atoms with E-state index in [2.05, 4.69) is 41.5 Å². The number of carbonyl (C=O) groups excluding carboxylic acids is 2. The van der Waals surface area contributed by atoms with Crippen molar-refractivity contribution in [2.75, 3.05) is 19.4 Å². The summed E-state index contributed by atoms with van der Waals surface area (Å²) < 4.78 is 0. The molecule has 6 nitrogen and oxygen atoms in total. The zero-order chi connectivity index (χ0) is 22.0.